The summed E-state index contributed by atoms with van der Waals surface area (Å²) in [5, 5.41) is 11.9. The Labute approximate surface area is 118 Å². The number of carboxylic acid groups (broad SMARTS) is 1. The van der Waals surface area contributed by atoms with Crippen LogP contribution in [-0.2, 0) is 9.59 Å². The van der Waals surface area contributed by atoms with E-state index in [-0.39, 0.29) is 25.0 Å². The Kier molecular flexibility index (Phi) is 5.35. The zero-order valence-electron chi connectivity index (χ0n) is 12.3. The predicted octanol–water partition coefficient (Wildman–Crippen LogP) is 0.361. The maximum atomic E-state index is 12.2. The molecule has 1 rings (SSSR count). The zero-order chi connectivity index (χ0) is 15.3. The third-order valence-electron chi connectivity index (χ3n) is 3.79. The van der Waals surface area contributed by atoms with E-state index < -0.39 is 11.4 Å². The minimum atomic E-state index is -0.844. The number of rotatable bonds is 5. The van der Waals surface area contributed by atoms with E-state index >= 15 is 0 Å². The molecule has 0 radical (unpaired) electrons. The van der Waals surface area contributed by atoms with Crippen molar-refractivity contribution in [2.45, 2.75) is 26.2 Å². The van der Waals surface area contributed by atoms with Crippen LogP contribution in [0.5, 0.6) is 0 Å². The lowest BCUT2D eigenvalue weighted by molar-refractivity contribution is -0.148. The van der Waals surface area contributed by atoms with E-state index in [1.54, 1.807) is 0 Å². The fraction of sp³-hybridized carbons (Fsp3) is 0.769. The molecule has 7 nitrogen and oxygen atoms in total. The first-order valence-electron chi connectivity index (χ1n) is 6.80. The fourth-order valence-electron chi connectivity index (χ4n) is 2.60. The molecule has 1 aliphatic heterocycles. The third kappa shape index (κ3) is 3.40. The molecule has 1 saturated heterocycles. The van der Waals surface area contributed by atoms with Crippen LogP contribution in [0, 0.1) is 5.41 Å². The Morgan fingerprint density at radius 3 is 2.55 bits per heavy atom. The smallest absolute Gasteiger partial charge is 0.320 e. The molecule has 1 heterocycles. The van der Waals surface area contributed by atoms with Gasteiger partial charge >= 0.3 is 12.0 Å². The van der Waals surface area contributed by atoms with E-state index in [0.29, 0.717) is 19.4 Å². The number of aliphatic carboxylic acids is 1. The van der Waals surface area contributed by atoms with Gasteiger partial charge in [0.25, 0.3) is 0 Å². The molecular formula is C13H23N3O4. The topological polar surface area (TPSA) is 90.0 Å². The van der Waals surface area contributed by atoms with Gasteiger partial charge in [0.05, 0.1) is 5.41 Å². The summed E-state index contributed by atoms with van der Waals surface area (Å²) in [5.41, 5.74) is -0.835. The van der Waals surface area contributed by atoms with E-state index in [2.05, 4.69) is 5.32 Å². The Hall–Kier alpha value is -1.79. The minimum Gasteiger partial charge on any atom is -0.481 e. The van der Waals surface area contributed by atoms with Gasteiger partial charge in [-0.05, 0) is 12.8 Å². The van der Waals surface area contributed by atoms with Crippen LogP contribution >= 0.6 is 0 Å². The van der Waals surface area contributed by atoms with Crippen LogP contribution in [0.2, 0.25) is 0 Å². The Morgan fingerprint density at radius 1 is 1.40 bits per heavy atom. The number of urea groups is 1. The number of likely N-dealkylation sites (tertiary alicyclic amines) is 1. The summed E-state index contributed by atoms with van der Waals surface area (Å²) in [6, 6.07) is -0.298. The van der Waals surface area contributed by atoms with Gasteiger partial charge in [0, 0.05) is 27.2 Å². The first kappa shape index (κ1) is 16.3. The van der Waals surface area contributed by atoms with Crippen LogP contribution < -0.4 is 5.32 Å². The van der Waals surface area contributed by atoms with Crippen LogP contribution in [0.4, 0.5) is 4.79 Å². The van der Waals surface area contributed by atoms with Gasteiger partial charge in [0.15, 0.2) is 0 Å². The number of hydrogen-bond acceptors (Lipinski definition) is 3. The van der Waals surface area contributed by atoms with Crippen molar-refractivity contribution in [1.29, 1.82) is 0 Å². The number of carboxylic acids is 1. The van der Waals surface area contributed by atoms with Gasteiger partial charge in [0.2, 0.25) is 5.91 Å². The number of nitrogens with zero attached hydrogens (tertiary/aromatic N) is 2. The molecule has 7 heteroatoms. The molecule has 3 amide bonds. The molecule has 1 unspecified atom stereocenters. The molecule has 0 bridgehead atoms. The number of likely N-dealkylation sites (N-methyl/N-ethyl adjacent to an activating group) is 2. The normalized spacial score (nSPS) is 21.6. The first-order chi connectivity index (χ1) is 9.36. The Balaban J connectivity index is 2.68. The van der Waals surface area contributed by atoms with Gasteiger partial charge in [-0.25, -0.2) is 4.79 Å². The van der Waals surface area contributed by atoms with Crippen molar-refractivity contribution in [1.82, 2.24) is 15.1 Å². The van der Waals surface area contributed by atoms with Crippen molar-refractivity contribution >= 4 is 17.9 Å². The molecule has 0 aromatic carbocycles. The van der Waals surface area contributed by atoms with Gasteiger partial charge in [-0.3, -0.25) is 9.59 Å². The molecule has 114 valence electrons. The summed E-state index contributed by atoms with van der Waals surface area (Å²) in [6.45, 7) is 2.54. The largest absolute Gasteiger partial charge is 0.481 e. The molecule has 1 atom stereocenters. The monoisotopic (exact) mass is 285 g/mol. The number of carbonyl (C=O) groups excluding carboxylic acids is 2. The van der Waals surface area contributed by atoms with Crippen molar-refractivity contribution in [3.8, 4) is 0 Å². The van der Waals surface area contributed by atoms with Gasteiger partial charge in [-0.15, -0.1) is 0 Å². The average Bonchev–Trinajstić information content (AvgIpc) is 2.83. The minimum absolute atomic E-state index is 0.0281. The quantitative estimate of drug-likeness (QED) is 0.763. The highest BCUT2D eigenvalue weighted by atomic mass is 16.4. The summed E-state index contributed by atoms with van der Waals surface area (Å²) in [4.78, 5) is 37.7. The standard InChI is InChI=1S/C13H23N3O4/c1-4-5-13(11(18)19)6-7-16(9-13)12(20)15(3)8-10(17)14-2/h4-9H2,1-3H3,(H,14,17)(H,18,19). The summed E-state index contributed by atoms with van der Waals surface area (Å²) < 4.78 is 0. The van der Waals surface area contributed by atoms with Crippen LogP contribution in [0.1, 0.15) is 26.2 Å². The number of carbonyl (C=O) groups is 3. The van der Waals surface area contributed by atoms with Crippen molar-refractivity contribution < 1.29 is 19.5 Å². The molecule has 0 saturated carbocycles. The predicted molar refractivity (Wildman–Crippen MR) is 73.3 cm³/mol. The Morgan fingerprint density at radius 2 is 2.05 bits per heavy atom. The molecular weight excluding hydrogens is 262 g/mol. The van der Waals surface area contributed by atoms with Crippen molar-refractivity contribution in [2.75, 3.05) is 33.7 Å². The number of nitrogens with one attached hydrogen (secondary N) is 1. The highest BCUT2D eigenvalue weighted by Gasteiger charge is 2.45. The fourth-order valence-corrected chi connectivity index (χ4v) is 2.60. The summed E-state index contributed by atoms with van der Waals surface area (Å²) in [5.74, 6) is -1.10. The summed E-state index contributed by atoms with van der Waals surface area (Å²) >= 11 is 0. The molecule has 20 heavy (non-hydrogen) atoms. The SMILES string of the molecule is CCCC1(C(=O)O)CCN(C(=O)N(C)CC(=O)NC)C1. The van der Waals surface area contributed by atoms with Crippen LogP contribution in [0.3, 0.4) is 0 Å². The lowest BCUT2D eigenvalue weighted by Gasteiger charge is -2.27. The van der Waals surface area contributed by atoms with Gasteiger partial charge in [0.1, 0.15) is 6.54 Å². The third-order valence-corrected chi connectivity index (χ3v) is 3.79. The maximum Gasteiger partial charge on any atom is 0.320 e. The molecule has 1 aliphatic rings. The molecule has 2 N–H and O–H groups in total. The van der Waals surface area contributed by atoms with Crippen molar-refractivity contribution in [2.24, 2.45) is 5.41 Å². The second kappa shape index (κ2) is 6.58. The van der Waals surface area contributed by atoms with Gasteiger partial charge in [-0.2, -0.15) is 0 Å². The van der Waals surface area contributed by atoms with E-state index in [0.717, 1.165) is 6.42 Å². The highest BCUT2D eigenvalue weighted by molar-refractivity contribution is 5.84. The molecule has 0 aliphatic carbocycles. The van der Waals surface area contributed by atoms with Gasteiger partial charge in [-0.1, -0.05) is 13.3 Å². The summed E-state index contributed by atoms with van der Waals surface area (Å²) in [6.07, 6.45) is 1.80. The van der Waals surface area contributed by atoms with Crippen LogP contribution in [0.15, 0.2) is 0 Å². The van der Waals surface area contributed by atoms with E-state index in [1.807, 2.05) is 6.92 Å². The molecule has 0 aromatic heterocycles. The maximum absolute atomic E-state index is 12.2. The second-order valence-corrected chi connectivity index (χ2v) is 5.32. The summed E-state index contributed by atoms with van der Waals surface area (Å²) in [7, 11) is 3.05. The zero-order valence-corrected chi connectivity index (χ0v) is 12.3. The van der Waals surface area contributed by atoms with Crippen molar-refractivity contribution in [3.05, 3.63) is 0 Å². The number of hydrogen-bond donors (Lipinski definition) is 2. The highest BCUT2D eigenvalue weighted by Crippen LogP contribution is 2.35. The first-order valence-corrected chi connectivity index (χ1v) is 6.80. The average molecular weight is 285 g/mol. The van der Waals surface area contributed by atoms with Crippen LogP contribution in [0.25, 0.3) is 0 Å². The van der Waals surface area contributed by atoms with E-state index in [4.69, 9.17) is 0 Å². The number of amides is 3. The van der Waals surface area contributed by atoms with E-state index in [9.17, 15) is 19.5 Å². The van der Waals surface area contributed by atoms with E-state index in [1.165, 1.54) is 23.9 Å². The van der Waals surface area contributed by atoms with Crippen molar-refractivity contribution in [3.63, 3.8) is 0 Å². The molecule has 1 fully saturated rings. The second-order valence-electron chi connectivity index (χ2n) is 5.32. The Bertz CT molecular complexity index is 399. The van der Waals surface area contributed by atoms with Gasteiger partial charge < -0.3 is 20.2 Å². The van der Waals surface area contributed by atoms with Crippen LogP contribution in [-0.4, -0.2) is 66.5 Å². The molecule has 0 aromatic rings. The molecule has 0 spiro atoms. The lowest BCUT2D eigenvalue weighted by Crippen LogP contribution is -2.45. The lowest BCUT2D eigenvalue weighted by atomic mass is 9.83.